The van der Waals surface area contributed by atoms with Crippen LogP contribution in [0.5, 0.6) is 5.75 Å². The van der Waals surface area contributed by atoms with E-state index >= 15 is 0 Å². The van der Waals surface area contributed by atoms with E-state index in [1.807, 2.05) is 26.8 Å². The van der Waals surface area contributed by atoms with Crippen molar-refractivity contribution >= 4 is 28.8 Å². The van der Waals surface area contributed by atoms with Gasteiger partial charge < -0.3 is 10.5 Å². The van der Waals surface area contributed by atoms with Gasteiger partial charge in [0.2, 0.25) is 11.6 Å². The summed E-state index contributed by atoms with van der Waals surface area (Å²) in [5.41, 5.74) is 13.9. The first-order valence-corrected chi connectivity index (χ1v) is 11.3. The van der Waals surface area contributed by atoms with Crippen molar-refractivity contribution < 1.29 is 14.2 Å². The Hall–Kier alpha value is -4.19. The SMILES string of the molecule is C=C(NNC(=O)c1nnn(-c2nonc2N)c1-c1ccc(OCCC)cc1)c1cc(C)sc1C. The second kappa shape index (κ2) is 9.75. The van der Waals surface area contributed by atoms with Crippen LogP contribution in [0, 0.1) is 13.8 Å². The average molecular weight is 481 g/mol. The van der Waals surface area contributed by atoms with Crippen LogP contribution in [-0.2, 0) is 0 Å². The maximum atomic E-state index is 13.1. The molecule has 3 heterocycles. The van der Waals surface area contributed by atoms with Crippen LogP contribution < -0.4 is 21.3 Å². The zero-order valence-electron chi connectivity index (χ0n) is 19.0. The van der Waals surface area contributed by atoms with Gasteiger partial charge in [-0.05, 0) is 60.9 Å². The second-order valence-electron chi connectivity index (χ2n) is 7.43. The number of nitrogen functional groups attached to an aromatic ring is 1. The van der Waals surface area contributed by atoms with Gasteiger partial charge in [-0.15, -0.1) is 16.4 Å². The van der Waals surface area contributed by atoms with Crippen molar-refractivity contribution in [1.82, 2.24) is 36.2 Å². The molecular formula is C22H24N8O3S. The molecule has 34 heavy (non-hydrogen) atoms. The Balaban J connectivity index is 1.64. The Morgan fingerprint density at radius 3 is 2.62 bits per heavy atom. The number of amides is 1. The molecule has 0 bridgehead atoms. The van der Waals surface area contributed by atoms with Crippen LogP contribution in [0.15, 0.2) is 41.5 Å². The minimum absolute atomic E-state index is 0.0100. The fourth-order valence-corrected chi connectivity index (χ4v) is 4.25. The highest BCUT2D eigenvalue weighted by Crippen LogP contribution is 2.28. The lowest BCUT2D eigenvalue weighted by molar-refractivity contribution is 0.0938. The lowest BCUT2D eigenvalue weighted by Gasteiger charge is -2.11. The standard InChI is InChI=1S/C22H24N8O3S/c1-5-10-32-16-8-6-15(7-9-16)19-18(25-29-30(19)21-20(23)27-33-28-21)22(31)26-24-13(3)17-11-12(2)34-14(17)4/h6-9,11,24H,3,5,10H2,1-2,4H3,(H2,23,27)(H,26,31). The maximum Gasteiger partial charge on any atom is 0.292 e. The third kappa shape index (κ3) is 4.62. The molecule has 0 saturated heterocycles. The van der Waals surface area contributed by atoms with Crippen molar-refractivity contribution in [1.29, 1.82) is 0 Å². The molecule has 4 N–H and O–H groups in total. The van der Waals surface area contributed by atoms with Crippen molar-refractivity contribution in [3.8, 4) is 22.8 Å². The molecule has 0 atom stereocenters. The number of thiophene rings is 1. The molecule has 0 spiro atoms. The molecule has 0 saturated carbocycles. The van der Waals surface area contributed by atoms with Gasteiger partial charge in [-0.25, -0.2) is 4.63 Å². The predicted molar refractivity (Wildman–Crippen MR) is 128 cm³/mol. The van der Waals surface area contributed by atoms with Gasteiger partial charge >= 0.3 is 0 Å². The first kappa shape index (κ1) is 23.0. The van der Waals surface area contributed by atoms with Crippen molar-refractivity contribution in [3.63, 3.8) is 0 Å². The number of rotatable bonds is 9. The monoisotopic (exact) mass is 480 g/mol. The quantitative estimate of drug-likeness (QED) is 0.307. The molecule has 1 amide bonds. The molecule has 0 aliphatic carbocycles. The summed E-state index contributed by atoms with van der Waals surface area (Å²) >= 11 is 1.65. The first-order valence-electron chi connectivity index (χ1n) is 10.5. The molecular weight excluding hydrogens is 456 g/mol. The molecule has 11 nitrogen and oxygen atoms in total. The number of nitrogens with one attached hydrogen (secondary N) is 2. The summed E-state index contributed by atoms with van der Waals surface area (Å²) < 4.78 is 11.7. The zero-order chi connectivity index (χ0) is 24.2. The Morgan fingerprint density at radius 2 is 2.00 bits per heavy atom. The van der Waals surface area contributed by atoms with Crippen LogP contribution in [-0.4, -0.2) is 37.8 Å². The maximum absolute atomic E-state index is 13.1. The number of ether oxygens (including phenoxy) is 1. The van der Waals surface area contributed by atoms with Crippen LogP contribution >= 0.6 is 11.3 Å². The topological polar surface area (TPSA) is 146 Å². The zero-order valence-corrected chi connectivity index (χ0v) is 19.8. The molecule has 0 unspecified atom stereocenters. The molecule has 176 valence electrons. The lowest BCUT2D eigenvalue weighted by atomic mass is 10.1. The molecule has 3 aromatic heterocycles. The number of aromatic nitrogens is 5. The van der Waals surface area contributed by atoms with Gasteiger partial charge in [-0.1, -0.05) is 18.7 Å². The third-order valence-corrected chi connectivity index (χ3v) is 5.84. The number of hydrogen-bond donors (Lipinski definition) is 3. The van der Waals surface area contributed by atoms with Gasteiger partial charge in [0.25, 0.3) is 5.91 Å². The highest BCUT2D eigenvalue weighted by molar-refractivity contribution is 7.12. The molecule has 0 aliphatic rings. The normalized spacial score (nSPS) is 10.8. The van der Waals surface area contributed by atoms with Crippen LogP contribution in [0.3, 0.4) is 0 Å². The van der Waals surface area contributed by atoms with Gasteiger partial charge in [0.05, 0.1) is 12.3 Å². The first-order chi connectivity index (χ1) is 16.4. The van der Waals surface area contributed by atoms with Crippen molar-refractivity contribution in [2.75, 3.05) is 12.3 Å². The highest BCUT2D eigenvalue weighted by Gasteiger charge is 2.25. The number of carbonyl (C=O) groups is 1. The fraction of sp³-hybridized carbons (Fsp3) is 0.227. The lowest BCUT2D eigenvalue weighted by Crippen LogP contribution is -2.36. The number of carbonyl (C=O) groups excluding carboxylic acids is 1. The summed E-state index contributed by atoms with van der Waals surface area (Å²) in [4.78, 5) is 15.3. The Labute approximate surface area is 199 Å². The van der Waals surface area contributed by atoms with Crippen molar-refractivity contribution in [3.05, 3.63) is 57.9 Å². The second-order valence-corrected chi connectivity index (χ2v) is 8.89. The van der Waals surface area contributed by atoms with E-state index in [1.54, 1.807) is 35.6 Å². The number of hydrazine groups is 1. The van der Waals surface area contributed by atoms with Crippen LogP contribution in [0.25, 0.3) is 22.8 Å². The van der Waals surface area contributed by atoms with E-state index in [2.05, 4.69) is 38.1 Å². The Kier molecular flexibility index (Phi) is 6.59. The molecule has 4 rings (SSSR count). The number of nitrogens with two attached hydrogens (primary N) is 1. The molecule has 0 aliphatic heterocycles. The fourth-order valence-electron chi connectivity index (χ4n) is 3.30. The van der Waals surface area contributed by atoms with Crippen LogP contribution in [0.2, 0.25) is 0 Å². The van der Waals surface area contributed by atoms with E-state index in [4.69, 9.17) is 15.1 Å². The van der Waals surface area contributed by atoms with Gasteiger partial charge in [-0.2, -0.15) is 4.68 Å². The summed E-state index contributed by atoms with van der Waals surface area (Å²) in [5, 5.41) is 15.5. The number of hydrogen-bond acceptors (Lipinski definition) is 10. The minimum Gasteiger partial charge on any atom is -0.494 e. The summed E-state index contributed by atoms with van der Waals surface area (Å²) in [7, 11) is 0. The third-order valence-electron chi connectivity index (χ3n) is 4.88. The summed E-state index contributed by atoms with van der Waals surface area (Å²) in [6, 6.07) is 9.20. The molecule has 0 radical (unpaired) electrons. The molecule has 1 aromatic carbocycles. The van der Waals surface area contributed by atoms with Crippen molar-refractivity contribution in [2.45, 2.75) is 27.2 Å². The minimum atomic E-state index is -0.520. The van der Waals surface area contributed by atoms with E-state index in [9.17, 15) is 4.79 Å². The van der Waals surface area contributed by atoms with Gasteiger partial charge in [0.1, 0.15) is 11.4 Å². The van der Waals surface area contributed by atoms with Crippen LogP contribution in [0.1, 0.15) is 39.2 Å². The van der Waals surface area contributed by atoms with Crippen molar-refractivity contribution in [2.24, 2.45) is 0 Å². The number of aryl methyl sites for hydroxylation is 2. The van der Waals surface area contributed by atoms with Gasteiger partial charge in [0.15, 0.2) is 5.69 Å². The van der Waals surface area contributed by atoms with E-state index in [0.717, 1.165) is 21.7 Å². The average Bonchev–Trinajstić information content (AvgIpc) is 3.53. The molecule has 0 fully saturated rings. The number of anilines is 1. The largest absolute Gasteiger partial charge is 0.494 e. The highest BCUT2D eigenvalue weighted by atomic mass is 32.1. The summed E-state index contributed by atoms with van der Waals surface area (Å²) in [5.74, 6) is 0.316. The van der Waals surface area contributed by atoms with E-state index in [0.29, 0.717) is 29.3 Å². The van der Waals surface area contributed by atoms with Gasteiger partial charge in [-0.3, -0.25) is 15.6 Å². The number of nitrogens with zero attached hydrogens (tertiary/aromatic N) is 5. The molecule has 4 aromatic rings. The summed E-state index contributed by atoms with van der Waals surface area (Å²) in [6.45, 7) is 10.7. The van der Waals surface area contributed by atoms with E-state index < -0.39 is 5.91 Å². The van der Waals surface area contributed by atoms with Crippen LogP contribution in [0.4, 0.5) is 5.82 Å². The predicted octanol–water partition coefficient (Wildman–Crippen LogP) is 3.27. The Morgan fingerprint density at radius 1 is 1.24 bits per heavy atom. The van der Waals surface area contributed by atoms with Gasteiger partial charge in [0, 0.05) is 20.9 Å². The summed E-state index contributed by atoms with van der Waals surface area (Å²) in [6.07, 6.45) is 0.893. The Bertz CT molecular complexity index is 1320. The smallest absolute Gasteiger partial charge is 0.292 e. The van der Waals surface area contributed by atoms with E-state index in [1.165, 1.54) is 4.68 Å². The van der Waals surface area contributed by atoms with E-state index in [-0.39, 0.29) is 17.3 Å². The molecule has 12 heteroatoms. The number of benzene rings is 1.